The van der Waals surface area contributed by atoms with Gasteiger partial charge in [-0.1, -0.05) is 28.9 Å². The molecule has 0 radical (unpaired) electrons. The van der Waals surface area contributed by atoms with Gasteiger partial charge in [0.1, 0.15) is 6.61 Å². The number of piperidine rings is 1. The van der Waals surface area contributed by atoms with Gasteiger partial charge in [-0.25, -0.2) is 0 Å². The number of oxime groups is 1. The van der Waals surface area contributed by atoms with Crippen LogP contribution in [0.5, 0.6) is 0 Å². The molecule has 1 fully saturated rings. The van der Waals surface area contributed by atoms with Gasteiger partial charge in [-0.15, -0.1) is 0 Å². The molecule has 0 bridgehead atoms. The molecule has 0 unspecified atom stereocenters. The van der Waals surface area contributed by atoms with E-state index in [4.69, 9.17) is 16.4 Å². The fraction of sp³-hybridized carbons (Fsp3) is 0.417. The Kier molecular flexibility index (Phi) is 4.19. The van der Waals surface area contributed by atoms with Crippen molar-refractivity contribution in [3.8, 4) is 0 Å². The molecule has 16 heavy (non-hydrogen) atoms. The maximum absolute atomic E-state index is 5.79. The minimum Gasteiger partial charge on any atom is -0.391 e. The molecule has 1 heterocycles. The van der Waals surface area contributed by atoms with Crippen LogP contribution in [0, 0.1) is 0 Å². The molecule has 2 rings (SSSR count). The van der Waals surface area contributed by atoms with E-state index in [1.165, 1.54) is 0 Å². The molecule has 1 aromatic rings. The molecular formula is C12H15ClN2O. The third-order valence-corrected chi connectivity index (χ3v) is 2.77. The van der Waals surface area contributed by atoms with Crippen LogP contribution >= 0.6 is 11.6 Å². The van der Waals surface area contributed by atoms with Crippen molar-refractivity contribution in [2.45, 2.75) is 19.4 Å². The van der Waals surface area contributed by atoms with Crippen LogP contribution in [0.25, 0.3) is 0 Å². The first-order valence-electron chi connectivity index (χ1n) is 5.47. The van der Waals surface area contributed by atoms with Gasteiger partial charge in [0, 0.05) is 31.0 Å². The Labute approximate surface area is 100 Å². The number of nitrogens with zero attached hydrogens (tertiary/aromatic N) is 1. The molecule has 86 valence electrons. The SMILES string of the molecule is Clc1ccc(CON=C2CCNCC2)cc1. The average molecular weight is 239 g/mol. The van der Waals surface area contributed by atoms with Gasteiger partial charge in [-0.3, -0.25) is 0 Å². The molecule has 0 aromatic heterocycles. The highest BCUT2D eigenvalue weighted by Gasteiger charge is 2.05. The Morgan fingerprint density at radius 3 is 2.56 bits per heavy atom. The highest BCUT2D eigenvalue weighted by Crippen LogP contribution is 2.10. The summed E-state index contributed by atoms with van der Waals surface area (Å²) in [4.78, 5) is 5.32. The number of rotatable bonds is 3. The van der Waals surface area contributed by atoms with Crippen molar-refractivity contribution in [3.05, 3.63) is 34.9 Å². The normalized spacial score (nSPS) is 15.9. The minimum absolute atomic E-state index is 0.508. The van der Waals surface area contributed by atoms with Crippen molar-refractivity contribution in [1.82, 2.24) is 5.32 Å². The van der Waals surface area contributed by atoms with E-state index < -0.39 is 0 Å². The molecular weight excluding hydrogens is 224 g/mol. The highest BCUT2D eigenvalue weighted by molar-refractivity contribution is 6.30. The summed E-state index contributed by atoms with van der Waals surface area (Å²) >= 11 is 5.79. The van der Waals surface area contributed by atoms with E-state index in [9.17, 15) is 0 Å². The molecule has 1 N–H and O–H groups in total. The van der Waals surface area contributed by atoms with Crippen molar-refractivity contribution >= 4 is 17.3 Å². The van der Waals surface area contributed by atoms with Crippen molar-refractivity contribution in [3.63, 3.8) is 0 Å². The summed E-state index contributed by atoms with van der Waals surface area (Å²) in [5.41, 5.74) is 2.23. The lowest BCUT2D eigenvalue weighted by Crippen LogP contribution is -2.27. The van der Waals surface area contributed by atoms with Crippen LogP contribution in [0.2, 0.25) is 5.02 Å². The number of benzene rings is 1. The second-order valence-corrected chi connectivity index (χ2v) is 4.24. The van der Waals surface area contributed by atoms with Gasteiger partial charge in [-0.2, -0.15) is 0 Å². The molecule has 0 saturated carbocycles. The Hall–Kier alpha value is -1.06. The maximum atomic E-state index is 5.79. The monoisotopic (exact) mass is 238 g/mol. The van der Waals surface area contributed by atoms with Crippen molar-refractivity contribution in [2.24, 2.45) is 5.16 Å². The van der Waals surface area contributed by atoms with Gasteiger partial charge in [0.15, 0.2) is 0 Å². The molecule has 0 amide bonds. The third kappa shape index (κ3) is 3.51. The first kappa shape index (κ1) is 11.4. The summed E-state index contributed by atoms with van der Waals surface area (Å²) in [5.74, 6) is 0. The molecule has 0 spiro atoms. The fourth-order valence-electron chi connectivity index (χ4n) is 1.59. The second-order valence-electron chi connectivity index (χ2n) is 3.81. The molecule has 4 heteroatoms. The van der Waals surface area contributed by atoms with Crippen LogP contribution in [-0.4, -0.2) is 18.8 Å². The molecule has 1 aliphatic rings. The lowest BCUT2D eigenvalue weighted by molar-refractivity contribution is 0.129. The lowest BCUT2D eigenvalue weighted by atomic mass is 10.1. The molecule has 1 aromatic carbocycles. The summed E-state index contributed by atoms with van der Waals surface area (Å²) in [6.07, 6.45) is 1.97. The predicted molar refractivity (Wildman–Crippen MR) is 65.8 cm³/mol. The van der Waals surface area contributed by atoms with E-state index >= 15 is 0 Å². The third-order valence-electron chi connectivity index (χ3n) is 2.52. The van der Waals surface area contributed by atoms with E-state index in [2.05, 4.69) is 10.5 Å². The minimum atomic E-state index is 0.508. The zero-order chi connectivity index (χ0) is 11.2. The second kappa shape index (κ2) is 5.87. The Bertz CT molecular complexity index is 354. The molecule has 1 saturated heterocycles. The number of hydrogen-bond donors (Lipinski definition) is 1. The first-order valence-corrected chi connectivity index (χ1v) is 5.85. The Morgan fingerprint density at radius 2 is 1.88 bits per heavy atom. The zero-order valence-electron chi connectivity index (χ0n) is 9.08. The summed E-state index contributed by atoms with van der Waals surface area (Å²) in [6, 6.07) is 7.62. The largest absolute Gasteiger partial charge is 0.391 e. The number of nitrogens with one attached hydrogen (secondary N) is 1. The lowest BCUT2D eigenvalue weighted by Gasteiger charge is -2.13. The van der Waals surface area contributed by atoms with Crippen molar-refractivity contribution in [1.29, 1.82) is 0 Å². The molecule has 3 nitrogen and oxygen atoms in total. The van der Waals surface area contributed by atoms with E-state index in [0.29, 0.717) is 6.61 Å². The topological polar surface area (TPSA) is 33.6 Å². The van der Waals surface area contributed by atoms with E-state index in [1.807, 2.05) is 24.3 Å². The zero-order valence-corrected chi connectivity index (χ0v) is 9.83. The first-order chi connectivity index (χ1) is 7.84. The molecule has 1 aliphatic heterocycles. The predicted octanol–water partition coefficient (Wildman–Crippen LogP) is 2.60. The molecule has 0 aliphatic carbocycles. The highest BCUT2D eigenvalue weighted by atomic mass is 35.5. The summed E-state index contributed by atoms with van der Waals surface area (Å²) in [7, 11) is 0. The van der Waals surface area contributed by atoms with Crippen LogP contribution in [0.3, 0.4) is 0 Å². The smallest absolute Gasteiger partial charge is 0.142 e. The van der Waals surface area contributed by atoms with Gasteiger partial charge in [0.2, 0.25) is 0 Å². The summed E-state index contributed by atoms with van der Waals surface area (Å²) in [6.45, 7) is 2.51. The van der Waals surface area contributed by atoms with Gasteiger partial charge >= 0.3 is 0 Å². The summed E-state index contributed by atoms with van der Waals surface area (Å²) < 4.78 is 0. The van der Waals surface area contributed by atoms with Crippen molar-refractivity contribution in [2.75, 3.05) is 13.1 Å². The van der Waals surface area contributed by atoms with E-state index in [-0.39, 0.29) is 0 Å². The van der Waals surface area contributed by atoms with Gasteiger partial charge in [0.05, 0.1) is 5.71 Å². The van der Waals surface area contributed by atoms with Crippen LogP contribution in [0.15, 0.2) is 29.4 Å². The maximum Gasteiger partial charge on any atom is 0.142 e. The Morgan fingerprint density at radius 1 is 1.19 bits per heavy atom. The Balaban J connectivity index is 1.80. The van der Waals surface area contributed by atoms with Crippen LogP contribution < -0.4 is 5.32 Å². The van der Waals surface area contributed by atoms with Gasteiger partial charge in [-0.05, 0) is 17.7 Å². The molecule has 0 atom stereocenters. The summed E-state index contributed by atoms with van der Waals surface area (Å²) in [5, 5.41) is 8.17. The van der Waals surface area contributed by atoms with Crippen molar-refractivity contribution < 1.29 is 4.84 Å². The van der Waals surface area contributed by atoms with Crippen LogP contribution in [0.4, 0.5) is 0 Å². The average Bonchev–Trinajstić information content (AvgIpc) is 2.33. The number of hydrogen-bond acceptors (Lipinski definition) is 3. The van der Waals surface area contributed by atoms with E-state index in [0.717, 1.165) is 42.2 Å². The number of halogens is 1. The van der Waals surface area contributed by atoms with Gasteiger partial charge < -0.3 is 10.2 Å². The van der Waals surface area contributed by atoms with Gasteiger partial charge in [0.25, 0.3) is 0 Å². The quantitative estimate of drug-likeness (QED) is 0.822. The van der Waals surface area contributed by atoms with E-state index in [1.54, 1.807) is 0 Å². The van der Waals surface area contributed by atoms with Crippen LogP contribution in [0.1, 0.15) is 18.4 Å². The fourth-order valence-corrected chi connectivity index (χ4v) is 1.71. The van der Waals surface area contributed by atoms with Crippen LogP contribution in [-0.2, 0) is 11.4 Å². The standard InChI is InChI=1S/C12H15ClN2O/c13-11-3-1-10(2-4-11)9-16-15-12-5-7-14-8-6-12/h1-4,14H,5-9H2.